The van der Waals surface area contributed by atoms with Crippen LogP contribution in [0.15, 0.2) is 217 Å². The van der Waals surface area contributed by atoms with Gasteiger partial charge in [0, 0.05) is 44.9 Å². The Hall–Kier alpha value is -8.15. The van der Waals surface area contributed by atoms with Gasteiger partial charge in [0.15, 0.2) is 17.5 Å². The van der Waals surface area contributed by atoms with Crippen molar-refractivity contribution >= 4 is 28.4 Å². The van der Waals surface area contributed by atoms with Gasteiger partial charge in [-0.3, -0.25) is 0 Å². The molecule has 0 amide bonds. The third-order valence-corrected chi connectivity index (χ3v) is 12.3. The molecule has 3 heterocycles. The summed E-state index contributed by atoms with van der Waals surface area (Å²) >= 11 is 0. The van der Waals surface area contributed by atoms with E-state index in [-0.39, 0.29) is 12.0 Å². The minimum absolute atomic E-state index is 0.0578. The Bertz CT molecular complexity index is 3200. The zero-order valence-corrected chi connectivity index (χ0v) is 33.6. The number of nitrogens with zero attached hydrogens (tertiary/aromatic N) is 4. The summed E-state index contributed by atoms with van der Waals surface area (Å²) < 4.78 is 6.65. The van der Waals surface area contributed by atoms with Gasteiger partial charge in [0.1, 0.15) is 11.3 Å². The summed E-state index contributed by atoms with van der Waals surface area (Å²) in [6.45, 7) is 0. The fourth-order valence-corrected chi connectivity index (χ4v) is 9.35. The van der Waals surface area contributed by atoms with Crippen molar-refractivity contribution in [3.05, 3.63) is 229 Å². The second-order valence-corrected chi connectivity index (χ2v) is 16.0. The molecule has 2 aromatic heterocycles. The van der Waals surface area contributed by atoms with Gasteiger partial charge in [-0.15, -0.1) is 0 Å². The van der Waals surface area contributed by atoms with Crippen LogP contribution in [0.25, 0.3) is 84.6 Å². The van der Waals surface area contributed by atoms with Crippen molar-refractivity contribution in [1.29, 1.82) is 0 Å². The lowest BCUT2D eigenvalue weighted by Gasteiger charge is -2.30. The molecule has 10 aromatic rings. The number of fused-ring (bicyclic) bond motifs is 7. The first-order chi connectivity index (χ1) is 30.7. The Balaban J connectivity index is 0.980. The molecule has 0 spiro atoms. The second-order valence-electron chi connectivity index (χ2n) is 16.0. The highest BCUT2D eigenvalue weighted by atomic mass is 16.3. The molecule has 0 saturated carbocycles. The Morgan fingerprint density at radius 2 is 0.871 bits per heavy atom. The van der Waals surface area contributed by atoms with Gasteiger partial charge in [-0.1, -0.05) is 164 Å². The molecule has 0 saturated heterocycles. The number of furan rings is 1. The number of hydrogen-bond donors (Lipinski definition) is 0. The zero-order chi connectivity index (χ0) is 41.0. The van der Waals surface area contributed by atoms with Crippen LogP contribution in [0.5, 0.6) is 0 Å². The molecule has 12 rings (SSSR count). The molecular weight excluding hydrogens is 757 g/mol. The summed E-state index contributed by atoms with van der Waals surface area (Å²) in [6, 6.07) is 72.5. The smallest absolute Gasteiger partial charge is 0.164 e. The summed E-state index contributed by atoms with van der Waals surface area (Å²) in [7, 11) is 0. The standard InChI is InChI=1S/C57H38N4O/c1-4-14-37(15-5-1)40-26-29-46(30-27-40)61-49-25-11-10-24-47(49)53-50(61)31-33-52-54(53)48-36-45(28-32-51(48)62-52)57-59-55(43-22-12-20-41(34-43)38-16-6-2-7-17-38)58-56(60-57)44-23-13-21-42(35-44)39-18-8-3-9-19-39/h1-36,50,53H. The lowest BCUT2D eigenvalue weighted by atomic mass is 9.82. The number of para-hydroxylation sites is 1. The van der Waals surface area contributed by atoms with E-state index in [1.807, 2.05) is 12.1 Å². The van der Waals surface area contributed by atoms with Crippen LogP contribution in [0.3, 0.4) is 0 Å². The largest absolute Gasteiger partial charge is 0.456 e. The third-order valence-electron chi connectivity index (χ3n) is 12.3. The zero-order valence-electron chi connectivity index (χ0n) is 33.6. The lowest BCUT2D eigenvalue weighted by molar-refractivity contribution is 0.584. The molecule has 5 heteroatoms. The highest BCUT2D eigenvalue weighted by Gasteiger charge is 2.43. The Morgan fingerprint density at radius 3 is 1.47 bits per heavy atom. The molecule has 2 unspecified atom stereocenters. The molecule has 5 nitrogen and oxygen atoms in total. The first kappa shape index (κ1) is 35.8. The number of rotatable bonds is 7. The van der Waals surface area contributed by atoms with Crippen LogP contribution < -0.4 is 4.90 Å². The average molecular weight is 795 g/mol. The van der Waals surface area contributed by atoms with Crippen molar-refractivity contribution in [2.45, 2.75) is 12.0 Å². The van der Waals surface area contributed by atoms with E-state index in [9.17, 15) is 0 Å². The molecule has 8 aromatic carbocycles. The van der Waals surface area contributed by atoms with Gasteiger partial charge in [0.2, 0.25) is 0 Å². The van der Waals surface area contributed by atoms with Gasteiger partial charge in [-0.25, -0.2) is 15.0 Å². The molecule has 0 N–H and O–H groups in total. The number of hydrogen-bond acceptors (Lipinski definition) is 5. The van der Waals surface area contributed by atoms with E-state index in [2.05, 4.69) is 211 Å². The molecular formula is C57H38N4O. The predicted octanol–water partition coefficient (Wildman–Crippen LogP) is 14.3. The van der Waals surface area contributed by atoms with E-state index in [1.165, 1.54) is 27.9 Å². The van der Waals surface area contributed by atoms with E-state index in [1.54, 1.807) is 0 Å². The summed E-state index contributed by atoms with van der Waals surface area (Å²) in [6.07, 6.45) is 4.46. The highest BCUT2D eigenvalue weighted by molar-refractivity contribution is 5.93. The molecule has 2 aliphatic rings. The number of anilines is 2. The Kier molecular flexibility index (Phi) is 8.56. The topological polar surface area (TPSA) is 55.1 Å². The third kappa shape index (κ3) is 6.22. The summed E-state index contributed by atoms with van der Waals surface area (Å²) in [4.78, 5) is 18.1. The normalized spacial score (nSPS) is 15.0. The maximum atomic E-state index is 6.65. The molecule has 292 valence electrons. The monoisotopic (exact) mass is 794 g/mol. The van der Waals surface area contributed by atoms with Crippen molar-refractivity contribution in [3.8, 4) is 67.5 Å². The number of aromatic nitrogens is 3. The quantitative estimate of drug-likeness (QED) is 0.161. The van der Waals surface area contributed by atoms with Gasteiger partial charge in [0.25, 0.3) is 0 Å². The van der Waals surface area contributed by atoms with Crippen LogP contribution in [-0.2, 0) is 0 Å². The van der Waals surface area contributed by atoms with Crippen molar-refractivity contribution in [2.75, 3.05) is 4.90 Å². The average Bonchev–Trinajstić information content (AvgIpc) is 3.90. The first-order valence-corrected chi connectivity index (χ1v) is 21.1. The summed E-state index contributed by atoms with van der Waals surface area (Å²) in [5, 5.41) is 1.06. The Labute approximate surface area is 360 Å². The highest BCUT2D eigenvalue weighted by Crippen LogP contribution is 2.54. The maximum Gasteiger partial charge on any atom is 0.164 e. The predicted molar refractivity (Wildman–Crippen MR) is 252 cm³/mol. The van der Waals surface area contributed by atoms with Gasteiger partial charge in [-0.2, -0.15) is 0 Å². The van der Waals surface area contributed by atoms with Crippen LogP contribution in [0.2, 0.25) is 0 Å². The van der Waals surface area contributed by atoms with Crippen molar-refractivity contribution in [3.63, 3.8) is 0 Å². The van der Waals surface area contributed by atoms with Gasteiger partial charge in [-0.05, 0) is 93.6 Å². The van der Waals surface area contributed by atoms with Crippen LogP contribution in [0, 0.1) is 0 Å². The lowest BCUT2D eigenvalue weighted by Crippen LogP contribution is -2.30. The fourth-order valence-electron chi connectivity index (χ4n) is 9.35. The molecule has 0 bridgehead atoms. The van der Waals surface area contributed by atoms with E-state index in [0.29, 0.717) is 17.5 Å². The van der Waals surface area contributed by atoms with E-state index in [4.69, 9.17) is 19.4 Å². The SMILES string of the molecule is C1=CC2C(c3ccccc3N2c2ccc(-c3ccccc3)cc2)c2c1oc1ccc(-c3nc(-c4cccc(-c5ccccc5)c4)nc(-c4cccc(-c5ccccc5)c4)n3)cc21. The van der Waals surface area contributed by atoms with Crippen molar-refractivity contribution in [1.82, 2.24) is 15.0 Å². The maximum absolute atomic E-state index is 6.65. The van der Waals surface area contributed by atoms with Crippen molar-refractivity contribution in [2.24, 2.45) is 0 Å². The molecule has 2 atom stereocenters. The molecule has 0 fully saturated rings. The fraction of sp³-hybridized carbons (Fsp3) is 0.0351. The van der Waals surface area contributed by atoms with Gasteiger partial charge < -0.3 is 9.32 Å². The summed E-state index contributed by atoms with van der Waals surface area (Å²) in [5.74, 6) is 2.78. The minimum atomic E-state index is 0.0578. The van der Waals surface area contributed by atoms with Crippen LogP contribution in [0.1, 0.15) is 22.8 Å². The molecule has 1 aliphatic carbocycles. The molecule has 62 heavy (non-hydrogen) atoms. The number of benzene rings is 8. The van der Waals surface area contributed by atoms with E-state index in [0.717, 1.165) is 61.4 Å². The van der Waals surface area contributed by atoms with E-state index >= 15 is 0 Å². The van der Waals surface area contributed by atoms with Gasteiger partial charge >= 0.3 is 0 Å². The minimum Gasteiger partial charge on any atom is -0.456 e. The van der Waals surface area contributed by atoms with Crippen LogP contribution in [0.4, 0.5) is 11.4 Å². The van der Waals surface area contributed by atoms with Gasteiger partial charge in [0.05, 0.1) is 6.04 Å². The van der Waals surface area contributed by atoms with Crippen molar-refractivity contribution < 1.29 is 4.42 Å². The summed E-state index contributed by atoms with van der Waals surface area (Å²) in [5.41, 5.74) is 15.3. The van der Waals surface area contributed by atoms with Crippen LogP contribution >= 0.6 is 0 Å². The van der Waals surface area contributed by atoms with Crippen LogP contribution in [-0.4, -0.2) is 21.0 Å². The second kappa shape index (κ2) is 14.8. The first-order valence-electron chi connectivity index (χ1n) is 21.1. The molecule has 1 aliphatic heterocycles. The van der Waals surface area contributed by atoms with E-state index < -0.39 is 0 Å². The molecule has 0 radical (unpaired) electrons. The Morgan fingerprint density at radius 1 is 0.403 bits per heavy atom.